The van der Waals surface area contributed by atoms with Gasteiger partial charge in [0.1, 0.15) is 0 Å². The topological polar surface area (TPSA) is 70.0 Å². The number of nitrogens with one attached hydrogen (secondary N) is 3. The Morgan fingerprint density at radius 2 is 2.08 bits per heavy atom. The molecule has 126 valence electrons. The van der Waals surface area contributed by atoms with Gasteiger partial charge in [-0.05, 0) is 31.0 Å². The van der Waals surface area contributed by atoms with Crippen molar-refractivity contribution in [3.8, 4) is 0 Å². The average molecular weight is 324 g/mol. The van der Waals surface area contributed by atoms with Crippen LogP contribution in [0, 0.1) is 6.92 Å². The number of para-hydroxylation sites is 1. The third-order valence-corrected chi connectivity index (χ3v) is 4.28. The van der Waals surface area contributed by atoms with Gasteiger partial charge in [-0.2, -0.15) is 5.10 Å². The summed E-state index contributed by atoms with van der Waals surface area (Å²) in [4.78, 5) is 7.72. The van der Waals surface area contributed by atoms with Crippen molar-refractivity contribution in [3.63, 3.8) is 0 Å². The molecule has 0 fully saturated rings. The maximum Gasteiger partial charge on any atom is 0.191 e. The second kappa shape index (κ2) is 7.21. The summed E-state index contributed by atoms with van der Waals surface area (Å²) in [5.41, 5.74) is 4.91. The van der Waals surface area contributed by atoms with Crippen LogP contribution in [0.15, 0.2) is 41.5 Å². The first kappa shape index (κ1) is 16.1. The summed E-state index contributed by atoms with van der Waals surface area (Å²) in [5, 5.41) is 12.2. The van der Waals surface area contributed by atoms with Gasteiger partial charge in [0, 0.05) is 43.4 Å². The van der Waals surface area contributed by atoms with Crippen LogP contribution in [0.4, 0.5) is 0 Å². The summed E-state index contributed by atoms with van der Waals surface area (Å²) in [6.45, 7) is 3.65. The first-order chi connectivity index (χ1) is 11.7. The number of aliphatic imine (C=N–C) groups is 1. The van der Waals surface area contributed by atoms with Crippen molar-refractivity contribution >= 4 is 16.9 Å². The molecule has 2 heterocycles. The lowest BCUT2D eigenvalue weighted by molar-refractivity contribution is 0.684. The van der Waals surface area contributed by atoms with Gasteiger partial charge < -0.3 is 15.6 Å². The van der Waals surface area contributed by atoms with Gasteiger partial charge in [0.25, 0.3) is 0 Å². The molecule has 0 spiro atoms. The number of rotatable bonds is 5. The summed E-state index contributed by atoms with van der Waals surface area (Å²) >= 11 is 0. The van der Waals surface area contributed by atoms with Crippen molar-refractivity contribution in [1.29, 1.82) is 0 Å². The molecule has 0 bridgehead atoms. The SMILES string of the molecule is CN=C(NCCc1c(C)[nH]c2ccccc12)NCc1ccnn1C. The molecular formula is C18H24N6. The van der Waals surface area contributed by atoms with Crippen molar-refractivity contribution in [2.45, 2.75) is 19.9 Å². The van der Waals surface area contributed by atoms with E-state index in [1.54, 1.807) is 13.2 Å². The Balaban J connectivity index is 1.56. The summed E-state index contributed by atoms with van der Waals surface area (Å²) in [5.74, 6) is 0.800. The van der Waals surface area contributed by atoms with Gasteiger partial charge in [0.2, 0.25) is 0 Å². The molecule has 3 N–H and O–H groups in total. The monoisotopic (exact) mass is 324 g/mol. The van der Waals surface area contributed by atoms with Gasteiger partial charge in [-0.1, -0.05) is 18.2 Å². The Labute approximate surface area is 142 Å². The van der Waals surface area contributed by atoms with E-state index >= 15 is 0 Å². The second-order valence-electron chi connectivity index (χ2n) is 5.82. The quantitative estimate of drug-likeness (QED) is 0.497. The number of aryl methyl sites for hydroxylation is 2. The van der Waals surface area contributed by atoms with Crippen molar-refractivity contribution in [2.24, 2.45) is 12.0 Å². The third kappa shape index (κ3) is 3.42. The van der Waals surface area contributed by atoms with Crippen LogP contribution in [-0.4, -0.2) is 34.3 Å². The number of aromatic nitrogens is 3. The molecule has 6 heteroatoms. The molecule has 6 nitrogen and oxygen atoms in total. The number of benzene rings is 1. The van der Waals surface area contributed by atoms with Crippen molar-refractivity contribution in [1.82, 2.24) is 25.4 Å². The molecule has 2 aromatic heterocycles. The maximum atomic E-state index is 4.28. The molecule has 0 amide bonds. The molecule has 3 rings (SSSR count). The molecular weight excluding hydrogens is 300 g/mol. The number of fused-ring (bicyclic) bond motifs is 1. The van der Waals surface area contributed by atoms with Crippen LogP contribution in [0.25, 0.3) is 10.9 Å². The zero-order valence-electron chi connectivity index (χ0n) is 14.4. The predicted molar refractivity (Wildman–Crippen MR) is 98.1 cm³/mol. The van der Waals surface area contributed by atoms with E-state index in [9.17, 15) is 0 Å². The van der Waals surface area contributed by atoms with E-state index in [-0.39, 0.29) is 0 Å². The number of nitrogens with zero attached hydrogens (tertiary/aromatic N) is 3. The minimum absolute atomic E-state index is 0.697. The minimum Gasteiger partial charge on any atom is -0.358 e. The molecule has 0 radical (unpaired) electrons. The van der Waals surface area contributed by atoms with Gasteiger partial charge in [-0.15, -0.1) is 0 Å². The highest BCUT2D eigenvalue weighted by atomic mass is 15.3. The van der Waals surface area contributed by atoms with E-state index in [2.05, 4.69) is 56.9 Å². The Bertz CT molecular complexity index is 842. The Morgan fingerprint density at radius 3 is 2.83 bits per heavy atom. The van der Waals surface area contributed by atoms with Crippen LogP contribution in [-0.2, 0) is 20.0 Å². The van der Waals surface area contributed by atoms with Crippen LogP contribution < -0.4 is 10.6 Å². The normalized spacial score (nSPS) is 11.9. The fourth-order valence-corrected chi connectivity index (χ4v) is 2.93. The van der Waals surface area contributed by atoms with Gasteiger partial charge in [0.05, 0.1) is 12.2 Å². The zero-order valence-corrected chi connectivity index (χ0v) is 14.4. The number of aromatic amines is 1. The number of H-pyrrole nitrogens is 1. The molecule has 24 heavy (non-hydrogen) atoms. The van der Waals surface area contributed by atoms with Crippen molar-refractivity contribution in [2.75, 3.05) is 13.6 Å². The molecule has 0 atom stereocenters. The minimum atomic E-state index is 0.697. The first-order valence-corrected chi connectivity index (χ1v) is 8.16. The fraction of sp³-hybridized carbons (Fsp3) is 0.333. The Kier molecular flexibility index (Phi) is 4.84. The van der Waals surface area contributed by atoms with E-state index in [0.717, 1.165) is 24.6 Å². The summed E-state index contributed by atoms with van der Waals surface area (Å²) < 4.78 is 1.86. The molecule has 0 saturated heterocycles. The molecule has 0 saturated carbocycles. The van der Waals surface area contributed by atoms with E-state index in [0.29, 0.717) is 6.54 Å². The Morgan fingerprint density at radius 1 is 1.25 bits per heavy atom. The lowest BCUT2D eigenvalue weighted by atomic mass is 10.1. The summed E-state index contributed by atoms with van der Waals surface area (Å²) in [6.07, 6.45) is 2.75. The van der Waals surface area contributed by atoms with Crippen molar-refractivity contribution < 1.29 is 0 Å². The van der Waals surface area contributed by atoms with E-state index < -0.39 is 0 Å². The van der Waals surface area contributed by atoms with Crippen LogP contribution >= 0.6 is 0 Å². The van der Waals surface area contributed by atoms with E-state index in [4.69, 9.17) is 0 Å². The standard InChI is InChI=1S/C18H24N6/c1-13-15(16-6-4-5-7-17(16)23-13)9-10-20-18(19-2)21-12-14-8-11-22-24(14)3/h4-8,11,23H,9-10,12H2,1-3H3,(H2,19,20,21). The van der Waals surface area contributed by atoms with Crippen LogP contribution in [0.3, 0.4) is 0 Å². The zero-order chi connectivity index (χ0) is 16.9. The number of hydrogen-bond acceptors (Lipinski definition) is 2. The third-order valence-electron chi connectivity index (χ3n) is 4.28. The summed E-state index contributed by atoms with van der Waals surface area (Å²) in [7, 11) is 3.72. The van der Waals surface area contributed by atoms with E-state index in [1.807, 2.05) is 17.8 Å². The molecule has 0 aliphatic rings. The van der Waals surface area contributed by atoms with Gasteiger partial charge in [-0.25, -0.2) is 0 Å². The van der Waals surface area contributed by atoms with Crippen LogP contribution in [0.2, 0.25) is 0 Å². The smallest absolute Gasteiger partial charge is 0.191 e. The molecule has 1 aromatic carbocycles. The second-order valence-corrected chi connectivity index (χ2v) is 5.82. The highest BCUT2D eigenvalue weighted by Crippen LogP contribution is 2.21. The number of hydrogen-bond donors (Lipinski definition) is 3. The van der Waals surface area contributed by atoms with Crippen LogP contribution in [0.5, 0.6) is 0 Å². The summed E-state index contributed by atoms with van der Waals surface area (Å²) in [6, 6.07) is 10.4. The van der Waals surface area contributed by atoms with Gasteiger partial charge >= 0.3 is 0 Å². The lowest BCUT2D eigenvalue weighted by Gasteiger charge is -2.12. The molecule has 3 aromatic rings. The van der Waals surface area contributed by atoms with Gasteiger partial charge in [0.15, 0.2) is 5.96 Å². The van der Waals surface area contributed by atoms with Gasteiger partial charge in [-0.3, -0.25) is 9.67 Å². The maximum absolute atomic E-state index is 4.28. The lowest BCUT2D eigenvalue weighted by Crippen LogP contribution is -2.38. The molecule has 0 aliphatic carbocycles. The predicted octanol–water partition coefficient (Wildman–Crippen LogP) is 2.12. The highest BCUT2D eigenvalue weighted by Gasteiger charge is 2.08. The van der Waals surface area contributed by atoms with Crippen molar-refractivity contribution in [3.05, 3.63) is 53.5 Å². The number of guanidine groups is 1. The Hall–Kier alpha value is -2.76. The molecule has 0 unspecified atom stereocenters. The first-order valence-electron chi connectivity index (χ1n) is 8.16. The fourth-order valence-electron chi connectivity index (χ4n) is 2.93. The molecule has 0 aliphatic heterocycles. The highest BCUT2D eigenvalue weighted by molar-refractivity contribution is 5.84. The van der Waals surface area contributed by atoms with Crippen LogP contribution in [0.1, 0.15) is 17.0 Å². The average Bonchev–Trinajstić information content (AvgIpc) is 3.13. The largest absolute Gasteiger partial charge is 0.358 e. The van der Waals surface area contributed by atoms with E-state index in [1.165, 1.54) is 22.2 Å².